The Hall–Kier alpha value is -2.19. The van der Waals surface area contributed by atoms with Crippen LogP contribution in [0.15, 0.2) is 24.3 Å². The Balaban J connectivity index is 0.00000302. The van der Waals surface area contributed by atoms with Crippen LogP contribution < -0.4 is 9.47 Å². The first-order valence-corrected chi connectivity index (χ1v) is 15.1. The first-order chi connectivity index (χ1) is 19.2. The van der Waals surface area contributed by atoms with Crippen LogP contribution in [-0.4, -0.2) is 65.1 Å². The number of likely N-dealkylation sites (tertiary alicyclic amines) is 1. The number of nitrogens with zero attached hydrogens (tertiary/aromatic N) is 2. The van der Waals surface area contributed by atoms with Gasteiger partial charge in [-0.05, 0) is 74.6 Å². The summed E-state index contributed by atoms with van der Waals surface area (Å²) in [4.78, 5) is 30.1. The lowest BCUT2D eigenvalue weighted by molar-refractivity contribution is -0.139. The molecule has 3 aliphatic carbocycles. The van der Waals surface area contributed by atoms with Crippen LogP contribution in [0.25, 0.3) is 0 Å². The Morgan fingerprint density at radius 1 is 1.17 bits per heavy atom. The van der Waals surface area contributed by atoms with E-state index in [1.165, 1.54) is 19.8 Å². The first kappa shape index (κ1) is 28.9. The smallest absolute Gasteiger partial charge is 0.308 e. The van der Waals surface area contributed by atoms with Crippen LogP contribution in [0.1, 0.15) is 55.7 Å². The number of phenols is 1. The van der Waals surface area contributed by atoms with E-state index >= 15 is 0 Å². The highest BCUT2D eigenvalue weighted by Gasteiger charge is 2.67. The Morgan fingerprint density at radius 2 is 1.95 bits per heavy atom. The number of carbonyl (C=O) groups excluding carboxylic acids is 2. The maximum atomic E-state index is 13.6. The van der Waals surface area contributed by atoms with Crippen molar-refractivity contribution in [3.8, 4) is 17.2 Å². The predicted molar refractivity (Wildman–Crippen MR) is 159 cm³/mol. The molecule has 2 aliphatic heterocycles. The first-order valence-electron chi connectivity index (χ1n) is 14.4. The number of hydrogen-bond donors (Lipinski definition) is 1. The summed E-state index contributed by atoms with van der Waals surface area (Å²) < 4.78 is 12.4. The summed E-state index contributed by atoms with van der Waals surface area (Å²) in [5, 5.41) is 12.1. The van der Waals surface area contributed by atoms with Crippen molar-refractivity contribution in [3.63, 3.8) is 0 Å². The number of halogens is 3. The zero-order chi connectivity index (χ0) is 27.9. The fourth-order valence-electron chi connectivity index (χ4n) is 8.27. The lowest BCUT2D eigenvalue weighted by Gasteiger charge is -2.60. The Morgan fingerprint density at radius 3 is 2.66 bits per heavy atom. The molecule has 2 aromatic rings. The van der Waals surface area contributed by atoms with Crippen LogP contribution in [0.3, 0.4) is 0 Å². The van der Waals surface area contributed by atoms with Gasteiger partial charge in [-0.15, -0.1) is 12.4 Å². The topological polar surface area (TPSA) is 79.3 Å². The predicted octanol–water partition coefficient (Wildman–Crippen LogP) is 5.57. The third-order valence-corrected chi connectivity index (χ3v) is 10.9. The Labute approximate surface area is 256 Å². The molecule has 0 unspecified atom stereocenters. The lowest BCUT2D eigenvalue weighted by atomic mass is 9.50. The van der Waals surface area contributed by atoms with Crippen LogP contribution in [-0.2, 0) is 27.8 Å². The van der Waals surface area contributed by atoms with E-state index in [0.29, 0.717) is 27.8 Å². The van der Waals surface area contributed by atoms with Gasteiger partial charge in [-0.25, -0.2) is 0 Å². The fourth-order valence-corrected chi connectivity index (χ4v) is 8.59. The standard InChI is InChI=1S/C31H34Cl2N2O5.ClH/c1-16(36)39-26-14-25(37)19-13-24-20-6-8-23(34(2)27(38)12-18-5-7-21(32)22(33)11-18)30-31(20,28(19)29(26)40-30)9-10-35(24)15-17-3-4-17;/h5,7,11,14,17,20,23-24,30,37H,3-4,6,8-10,12-13,15H2,1-2H3;1H/t20-,23-,24+,30-,31-;/m0./s1. The second kappa shape index (κ2) is 10.5. The molecular weight excluding hydrogens is 587 g/mol. The van der Waals surface area contributed by atoms with Gasteiger partial charge in [0.25, 0.3) is 0 Å². The molecule has 7 nitrogen and oxygen atoms in total. The molecule has 1 N–H and O–H groups in total. The summed E-state index contributed by atoms with van der Waals surface area (Å²) in [6.07, 6.45) is 5.98. The molecule has 41 heavy (non-hydrogen) atoms. The number of amides is 1. The van der Waals surface area contributed by atoms with Gasteiger partial charge in [0, 0.05) is 49.2 Å². The van der Waals surface area contributed by atoms with Crippen molar-refractivity contribution >= 4 is 47.5 Å². The maximum absolute atomic E-state index is 13.6. The number of aromatic hydroxyl groups is 1. The third kappa shape index (κ3) is 4.59. The van der Waals surface area contributed by atoms with Gasteiger partial charge in [-0.2, -0.15) is 0 Å². The lowest BCUT2D eigenvalue weighted by Crippen LogP contribution is -2.69. The molecule has 1 spiro atoms. The van der Waals surface area contributed by atoms with Crippen molar-refractivity contribution in [3.05, 3.63) is 51.0 Å². The monoisotopic (exact) mass is 620 g/mol. The largest absolute Gasteiger partial charge is 0.508 e. The van der Waals surface area contributed by atoms with Gasteiger partial charge < -0.3 is 19.5 Å². The summed E-state index contributed by atoms with van der Waals surface area (Å²) in [5.41, 5.74) is 2.39. The summed E-state index contributed by atoms with van der Waals surface area (Å²) in [6.45, 7) is 3.43. The molecule has 10 heteroatoms. The van der Waals surface area contributed by atoms with Crippen molar-refractivity contribution < 1.29 is 24.2 Å². The van der Waals surface area contributed by atoms with Crippen molar-refractivity contribution in [1.82, 2.24) is 9.80 Å². The van der Waals surface area contributed by atoms with E-state index in [2.05, 4.69) is 4.90 Å². The van der Waals surface area contributed by atoms with E-state index in [9.17, 15) is 14.7 Å². The fraction of sp³-hybridized carbons (Fsp3) is 0.548. The number of piperidine rings is 1. The molecule has 5 atom stereocenters. The summed E-state index contributed by atoms with van der Waals surface area (Å²) >= 11 is 12.3. The molecule has 2 aromatic carbocycles. The van der Waals surface area contributed by atoms with Gasteiger partial charge in [0.1, 0.15) is 11.9 Å². The average molecular weight is 622 g/mol. The molecule has 220 valence electrons. The van der Waals surface area contributed by atoms with Gasteiger partial charge >= 0.3 is 5.97 Å². The minimum absolute atomic E-state index is 0. The van der Waals surface area contributed by atoms with Crippen LogP contribution in [0.4, 0.5) is 0 Å². The summed E-state index contributed by atoms with van der Waals surface area (Å²) in [6, 6.07) is 7.00. The Kier molecular flexibility index (Phi) is 7.41. The molecule has 3 fully saturated rings. The molecular formula is C31H35Cl3N2O5. The highest BCUT2D eigenvalue weighted by Crippen LogP contribution is 2.65. The average Bonchev–Trinajstić information content (AvgIpc) is 3.66. The molecule has 5 aliphatic rings. The number of likely N-dealkylation sites (N-methyl/N-ethyl adjacent to an activating group) is 1. The number of esters is 1. The van der Waals surface area contributed by atoms with Crippen LogP contribution in [0, 0.1) is 11.8 Å². The molecule has 2 saturated carbocycles. The molecule has 2 bridgehead atoms. The molecule has 7 rings (SSSR count). The minimum atomic E-state index is -0.457. The Bertz CT molecular complexity index is 1410. The second-order valence-corrected chi connectivity index (χ2v) is 13.2. The number of hydrogen-bond acceptors (Lipinski definition) is 6. The normalized spacial score (nSPS) is 29.2. The highest BCUT2D eigenvalue weighted by atomic mass is 35.5. The summed E-state index contributed by atoms with van der Waals surface area (Å²) in [7, 11) is 1.86. The molecule has 0 aromatic heterocycles. The molecule has 2 heterocycles. The number of benzene rings is 2. The minimum Gasteiger partial charge on any atom is -0.508 e. The third-order valence-electron chi connectivity index (χ3n) is 10.2. The molecule has 1 saturated heterocycles. The van der Waals surface area contributed by atoms with E-state index in [-0.39, 0.29) is 53.8 Å². The van der Waals surface area contributed by atoms with Gasteiger partial charge in [0.05, 0.1) is 22.5 Å². The van der Waals surface area contributed by atoms with E-state index in [1.807, 2.05) is 18.0 Å². The zero-order valence-electron chi connectivity index (χ0n) is 23.2. The van der Waals surface area contributed by atoms with Crippen molar-refractivity contribution in [2.45, 2.75) is 75.5 Å². The van der Waals surface area contributed by atoms with Gasteiger partial charge in [0.15, 0.2) is 11.5 Å². The SMILES string of the molecule is CC(=O)Oc1cc(O)c2c3c1O[C@H]1[C@@H](N(C)C(=O)Cc4ccc(Cl)c(Cl)c4)CC[C@H]4[C@@H](C2)N(CC2CC2)CC[C@@]341.Cl. The van der Waals surface area contributed by atoms with Crippen molar-refractivity contribution in [2.75, 3.05) is 20.1 Å². The van der Waals surface area contributed by atoms with Crippen LogP contribution in [0.5, 0.6) is 17.2 Å². The van der Waals surface area contributed by atoms with Gasteiger partial charge in [0.2, 0.25) is 5.91 Å². The molecule has 1 amide bonds. The molecule has 0 radical (unpaired) electrons. The summed E-state index contributed by atoms with van der Waals surface area (Å²) in [5.74, 6) is 1.67. The zero-order valence-corrected chi connectivity index (χ0v) is 25.5. The van der Waals surface area contributed by atoms with Crippen molar-refractivity contribution in [2.24, 2.45) is 11.8 Å². The highest BCUT2D eigenvalue weighted by molar-refractivity contribution is 6.42. The number of ether oxygens (including phenoxy) is 2. The maximum Gasteiger partial charge on any atom is 0.308 e. The van der Waals surface area contributed by atoms with Crippen LogP contribution in [0.2, 0.25) is 10.0 Å². The van der Waals surface area contributed by atoms with Crippen LogP contribution >= 0.6 is 35.6 Å². The van der Waals surface area contributed by atoms with E-state index < -0.39 is 5.97 Å². The quantitative estimate of drug-likeness (QED) is 0.336. The van der Waals surface area contributed by atoms with Gasteiger partial charge in [-0.1, -0.05) is 29.3 Å². The van der Waals surface area contributed by atoms with Gasteiger partial charge in [-0.3, -0.25) is 14.5 Å². The van der Waals surface area contributed by atoms with E-state index in [1.54, 1.807) is 18.2 Å². The van der Waals surface area contributed by atoms with Crippen molar-refractivity contribution in [1.29, 1.82) is 0 Å². The number of phenolic OH excluding ortho intramolecular Hbond substituents is 1. The number of rotatable bonds is 6. The van der Waals surface area contributed by atoms with E-state index in [0.717, 1.165) is 61.4 Å². The number of carbonyl (C=O) groups is 2. The second-order valence-electron chi connectivity index (χ2n) is 12.4. The van der Waals surface area contributed by atoms with E-state index in [4.69, 9.17) is 32.7 Å².